The van der Waals surface area contributed by atoms with E-state index in [0.717, 1.165) is 29.7 Å². The fourth-order valence-corrected chi connectivity index (χ4v) is 4.27. The summed E-state index contributed by atoms with van der Waals surface area (Å²) < 4.78 is 20.1. The smallest absolute Gasteiger partial charge is 0.308 e. The van der Waals surface area contributed by atoms with E-state index >= 15 is 0 Å². The van der Waals surface area contributed by atoms with Gasteiger partial charge in [-0.25, -0.2) is 4.39 Å². The van der Waals surface area contributed by atoms with Crippen LogP contribution in [0.4, 0.5) is 10.1 Å². The van der Waals surface area contributed by atoms with E-state index < -0.39 is 5.82 Å². The van der Waals surface area contributed by atoms with Gasteiger partial charge < -0.3 is 9.64 Å². The molecule has 1 aliphatic heterocycles. The minimum atomic E-state index is -0.418. The maximum Gasteiger partial charge on any atom is 0.308 e. The second-order valence-electron chi connectivity index (χ2n) is 6.56. The number of carbonyl (C=O) groups excluding carboxylic acids is 2. The molecule has 4 rings (SSSR count). The van der Waals surface area contributed by atoms with E-state index in [-0.39, 0.29) is 23.2 Å². The summed E-state index contributed by atoms with van der Waals surface area (Å²) >= 11 is 1.47. The third-order valence-electron chi connectivity index (χ3n) is 4.62. The summed E-state index contributed by atoms with van der Waals surface area (Å²) in [7, 11) is 0. The van der Waals surface area contributed by atoms with Crippen LogP contribution in [-0.4, -0.2) is 18.3 Å². The number of hydrogen-bond donors (Lipinski definition) is 0. The first-order chi connectivity index (χ1) is 12.0. The van der Waals surface area contributed by atoms with Gasteiger partial charge in [0.05, 0.1) is 11.3 Å². The third-order valence-corrected chi connectivity index (χ3v) is 5.74. The lowest BCUT2D eigenvalue weighted by atomic mass is 10.0. The Bertz CT molecular complexity index is 856. The number of rotatable bonds is 4. The number of carbonyl (C=O) groups is 2. The molecule has 6 heteroatoms. The number of hydrogen-bond acceptors (Lipinski definition) is 5. The van der Waals surface area contributed by atoms with Crippen molar-refractivity contribution in [2.24, 2.45) is 5.92 Å². The number of thiophene rings is 1. The summed E-state index contributed by atoms with van der Waals surface area (Å²) in [5.41, 5.74) is 1.72. The van der Waals surface area contributed by atoms with Crippen LogP contribution in [0.25, 0.3) is 0 Å². The highest BCUT2D eigenvalue weighted by Gasteiger charge is 2.33. The molecule has 1 aliphatic carbocycles. The Labute approximate surface area is 149 Å². The highest BCUT2D eigenvalue weighted by Crippen LogP contribution is 2.37. The molecule has 25 heavy (non-hydrogen) atoms. The number of ketones is 1. The lowest BCUT2D eigenvalue weighted by Gasteiger charge is -2.29. The van der Waals surface area contributed by atoms with E-state index in [1.807, 2.05) is 11.0 Å². The van der Waals surface area contributed by atoms with Gasteiger partial charge in [0.1, 0.15) is 0 Å². The van der Waals surface area contributed by atoms with Gasteiger partial charge >= 0.3 is 5.97 Å². The first-order valence-electron chi connectivity index (χ1n) is 8.40. The normalized spacial score (nSPS) is 16.5. The standard InChI is InChI=1S/C19H18FNO3S/c1-11(22)24-17-9-13-10-21(8-7-16(13)25-17)15-4-2-3-14(18(15)20)19(23)12-5-6-12/h2-4,9,12H,5-8,10H2,1H3. The number of esters is 1. The van der Waals surface area contributed by atoms with Gasteiger partial charge in [-0.15, -0.1) is 11.3 Å². The van der Waals surface area contributed by atoms with Crippen LogP contribution >= 0.6 is 11.3 Å². The summed E-state index contributed by atoms with van der Waals surface area (Å²) in [6, 6.07) is 6.91. The van der Waals surface area contributed by atoms with Gasteiger partial charge in [0.15, 0.2) is 16.7 Å². The molecule has 1 fully saturated rings. The number of fused-ring (bicyclic) bond motifs is 1. The number of ether oxygens (including phenoxy) is 1. The van der Waals surface area contributed by atoms with Crippen molar-refractivity contribution in [3.8, 4) is 5.06 Å². The molecule has 1 aromatic carbocycles. The molecular weight excluding hydrogens is 341 g/mol. The van der Waals surface area contributed by atoms with Crippen molar-refractivity contribution in [1.82, 2.24) is 0 Å². The average molecular weight is 359 g/mol. The highest BCUT2D eigenvalue weighted by molar-refractivity contribution is 7.14. The van der Waals surface area contributed by atoms with Crippen LogP contribution in [0, 0.1) is 11.7 Å². The molecule has 1 saturated carbocycles. The molecule has 0 amide bonds. The first kappa shape index (κ1) is 16.3. The molecule has 2 aromatic rings. The van der Waals surface area contributed by atoms with Gasteiger partial charge in [-0.05, 0) is 43.0 Å². The lowest BCUT2D eigenvalue weighted by molar-refractivity contribution is -0.131. The van der Waals surface area contributed by atoms with Crippen molar-refractivity contribution in [3.63, 3.8) is 0 Å². The van der Waals surface area contributed by atoms with Crippen LogP contribution in [0.1, 0.15) is 40.6 Å². The molecule has 0 saturated heterocycles. The number of benzene rings is 1. The highest BCUT2D eigenvalue weighted by atomic mass is 32.1. The molecule has 0 radical (unpaired) electrons. The maximum absolute atomic E-state index is 14.9. The maximum atomic E-state index is 14.9. The van der Waals surface area contributed by atoms with Crippen LogP contribution in [0.5, 0.6) is 5.06 Å². The van der Waals surface area contributed by atoms with Crippen molar-refractivity contribution < 1.29 is 18.7 Å². The van der Waals surface area contributed by atoms with Crippen LogP contribution in [0.2, 0.25) is 0 Å². The van der Waals surface area contributed by atoms with Crippen LogP contribution < -0.4 is 9.64 Å². The van der Waals surface area contributed by atoms with E-state index in [1.54, 1.807) is 18.2 Å². The summed E-state index contributed by atoms with van der Waals surface area (Å²) in [5, 5.41) is 0.581. The van der Waals surface area contributed by atoms with Gasteiger partial charge in [0.25, 0.3) is 0 Å². The molecule has 0 spiro atoms. The Kier molecular flexibility index (Phi) is 4.07. The third kappa shape index (κ3) is 3.18. The first-order valence-corrected chi connectivity index (χ1v) is 9.22. The molecule has 0 unspecified atom stereocenters. The molecule has 4 nitrogen and oxygen atoms in total. The predicted molar refractivity (Wildman–Crippen MR) is 93.8 cm³/mol. The largest absolute Gasteiger partial charge is 0.416 e. The Morgan fingerprint density at radius 2 is 2.12 bits per heavy atom. The van der Waals surface area contributed by atoms with E-state index in [1.165, 1.54) is 18.3 Å². The SMILES string of the molecule is CC(=O)Oc1cc2c(s1)CCN(c1cccc(C(=O)C3CC3)c1F)C2. The number of anilines is 1. The zero-order valence-corrected chi connectivity index (χ0v) is 14.7. The average Bonchev–Trinajstić information content (AvgIpc) is 3.34. The van der Waals surface area contributed by atoms with Crippen molar-refractivity contribution >= 4 is 28.8 Å². The van der Waals surface area contributed by atoms with Crippen molar-refractivity contribution in [1.29, 1.82) is 0 Å². The second kappa shape index (κ2) is 6.26. The van der Waals surface area contributed by atoms with Crippen molar-refractivity contribution in [2.45, 2.75) is 32.7 Å². The zero-order chi connectivity index (χ0) is 17.6. The Balaban J connectivity index is 1.59. The monoisotopic (exact) mass is 359 g/mol. The Hall–Kier alpha value is -2.21. The Morgan fingerprint density at radius 3 is 2.84 bits per heavy atom. The number of nitrogens with zero attached hydrogens (tertiary/aromatic N) is 1. The minimum Gasteiger partial charge on any atom is -0.416 e. The van der Waals surface area contributed by atoms with E-state index in [2.05, 4.69) is 0 Å². The van der Waals surface area contributed by atoms with Gasteiger partial charge in [0, 0.05) is 30.8 Å². The van der Waals surface area contributed by atoms with Crippen LogP contribution in [0.15, 0.2) is 24.3 Å². The molecule has 2 aliphatic rings. The van der Waals surface area contributed by atoms with Crippen molar-refractivity contribution in [3.05, 3.63) is 46.1 Å². The van der Waals surface area contributed by atoms with Gasteiger partial charge in [0.2, 0.25) is 0 Å². The van der Waals surface area contributed by atoms with E-state index in [9.17, 15) is 14.0 Å². The van der Waals surface area contributed by atoms with Gasteiger partial charge in [-0.1, -0.05) is 6.07 Å². The number of halogens is 1. The van der Waals surface area contributed by atoms with Gasteiger partial charge in [-0.3, -0.25) is 9.59 Å². The summed E-state index contributed by atoms with van der Waals surface area (Å²) in [4.78, 5) is 26.5. The minimum absolute atomic E-state index is 0.000806. The fraction of sp³-hybridized carbons (Fsp3) is 0.368. The summed E-state index contributed by atoms with van der Waals surface area (Å²) in [5.74, 6) is -0.836. The predicted octanol–water partition coefficient (Wildman–Crippen LogP) is 3.97. The molecule has 1 aromatic heterocycles. The Morgan fingerprint density at radius 1 is 1.32 bits per heavy atom. The van der Waals surface area contributed by atoms with Gasteiger partial charge in [-0.2, -0.15) is 0 Å². The summed E-state index contributed by atoms with van der Waals surface area (Å²) in [6.45, 7) is 2.60. The topological polar surface area (TPSA) is 46.6 Å². The van der Waals surface area contributed by atoms with E-state index in [4.69, 9.17) is 4.74 Å². The fourth-order valence-electron chi connectivity index (χ4n) is 3.22. The van der Waals surface area contributed by atoms with Crippen LogP contribution in [0.3, 0.4) is 0 Å². The quantitative estimate of drug-likeness (QED) is 0.612. The van der Waals surface area contributed by atoms with E-state index in [0.29, 0.717) is 23.8 Å². The molecule has 0 bridgehead atoms. The molecule has 2 heterocycles. The molecule has 0 atom stereocenters. The van der Waals surface area contributed by atoms with Crippen molar-refractivity contribution in [2.75, 3.05) is 11.4 Å². The van der Waals surface area contributed by atoms with Crippen LogP contribution in [-0.2, 0) is 17.8 Å². The zero-order valence-electron chi connectivity index (χ0n) is 13.9. The summed E-state index contributed by atoms with van der Waals surface area (Å²) in [6.07, 6.45) is 2.49. The molecular formula is C19H18FNO3S. The molecule has 0 N–H and O–H groups in total. The molecule has 130 valence electrons. The second-order valence-corrected chi connectivity index (χ2v) is 7.66. The lowest BCUT2D eigenvalue weighted by Crippen LogP contribution is -2.30. The number of Topliss-reactive ketones (excluding diaryl/α,β-unsaturated/α-hetero) is 1.